The Bertz CT molecular complexity index is 1550. The van der Waals surface area contributed by atoms with E-state index in [4.69, 9.17) is 0 Å². The standard InChI is InChI=1S/C30H26F3N5O2/c31-30(32,33)21-9-13-25-24(18-21)26(38-16-4-1-5-17-38)19-23(35-25)12-14-27(39)20-7-10-22(11-8-20)36-29(40)37-28-6-2-3-15-34-28/h2-3,6-15,18-19H,1,4-5,16-17H2,(H2,34,36,37,40)/b14-12+. The van der Waals surface area contributed by atoms with Gasteiger partial charge in [0.2, 0.25) is 0 Å². The van der Waals surface area contributed by atoms with E-state index in [0.717, 1.165) is 44.5 Å². The first-order chi connectivity index (χ1) is 19.3. The largest absolute Gasteiger partial charge is 0.416 e. The van der Waals surface area contributed by atoms with Gasteiger partial charge in [0.15, 0.2) is 5.78 Å². The molecule has 0 unspecified atom stereocenters. The predicted octanol–water partition coefficient (Wildman–Crippen LogP) is 7.18. The monoisotopic (exact) mass is 545 g/mol. The lowest BCUT2D eigenvalue weighted by Gasteiger charge is -2.30. The van der Waals surface area contributed by atoms with Gasteiger partial charge in [-0.3, -0.25) is 10.1 Å². The first-order valence-corrected chi connectivity index (χ1v) is 12.8. The van der Waals surface area contributed by atoms with Crippen LogP contribution in [0.2, 0.25) is 0 Å². The number of pyridine rings is 2. The molecule has 1 aliphatic heterocycles. The second kappa shape index (κ2) is 11.6. The molecule has 2 aromatic heterocycles. The summed E-state index contributed by atoms with van der Waals surface area (Å²) in [4.78, 5) is 35.6. The molecule has 0 spiro atoms. The van der Waals surface area contributed by atoms with Crippen LogP contribution < -0.4 is 15.5 Å². The molecule has 7 nitrogen and oxygen atoms in total. The van der Waals surface area contributed by atoms with E-state index in [0.29, 0.717) is 39.4 Å². The third-order valence-corrected chi connectivity index (χ3v) is 6.57. The van der Waals surface area contributed by atoms with Crippen LogP contribution in [0.25, 0.3) is 17.0 Å². The van der Waals surface area contributed by atoms with E-state index in [-0.39, 0.29) is 5.78 Å². The summed E-state index contributed by atoms with van der Waals surface area (Å²) in [5, 5.41) is 5.73. The van der Waals surface area contributed by atoms with Crippen molar-refractivity contribution in [2.45, 2.75) is 25.4 Å². The van der Waals surface area contributed by atoms with Crippen LogP contribution in [0.4, 0.5) is 35.2 Å². The second-order valence-electron chi connectivity index (χ2n) is 9.41. The summed E-state index contributed by atoms with van der Waals surface area (Å²) in [5.41, 5.74) is 1.77. The van der Waals surface area contributed by atoms with Crippen LogP contribution >= 0.6 is 0 Å². The highest BCUT2D eigenvalue weighted by Crippen LogP contribution is 2.35. The van der Waals surface area contributed by atoms with Crippen molar-refractivity contribution in [3.63, 3.8) is 0 Å². The molecule has 40 heavy (non-hydrogen) atoms. The average molecular weight is 546 g/mol. The van der Waals surface area contributed by atoms with E-state index >= 15 is 0 Å². The van der Waals surface area contributed by atoms with Crippen molar-refractivity contribution in [3.05, 3.63) is 95.8 Å². The van der Waals surface area contributed by atoms with Gasteiger partial charge in [0.25, 0.3) is 0 Å². The molecular formula is C30H26F3N5O2. The maximum absolute atomic E-state index is 13.4. The second-order valence-corrected chi connectivity index (χ2v) is 9.41. The molecule has 1 fully saturated rings. The van der Waals surface area contributed by atoms with Gasteiger partial charge in [0, 0.05) is 41.6 Å². The number of hydrogen-bond donors (Lipinski definition) is 2. The van der Waals surface area contributed by atoms with Crippen molar-refractivity contribution in [3.8, 4) is 0 Å². The Hall–Kier alpha value is -4.73. The van der Waals surface area contributed by atoms with Crippen molar-refractivity contribution < 1.29 is 22.8 Å². The SMILES string of the molecule is O=C(Nc1ccc(C(=O)/C=C/c2cc(N3CCCCC3)c3cc(C(F)(F)F)ccc3n2)cc1)Nc1ccccn1. The summed E-state index contributed by atoms with van der Waals surface area (Å²) < 4.78 is 40.2. The van der Waals surface area contributed by atoms with Gasteiger partial charge in [-0.25, -0.2) is 14.8 Å². The van der Waals surface area contributed by atoms with Crippen molar-refractivity contribution in [2.24, 2.45) is 0 Å². The van der Waals surface area contributed by atoms with E-state index in [9.17, 15) is 22.8 Å². The molecule has 0 bridgehead atoms. The van der Waals surface area contributed by atoms with Crippen LogP contribution in [0.15, 0.2) is 79.0 Å². The molecule has 0 saturated carbocycles. The van der Waals surface area contributed by atoms with E-state index < -0.39 is 17.8 Å². The number of anilines is 3. The lowest BCUT2D eigenvalue weighted by molar-refractivity contribution is -0.137. The number of benzene rings is 2. The summed E-state index contributed by atoms with van der Waals surface area (Å²) in [5.74, 6) is 0.127. The van der Waals surface area contributed by atoms with E-state index in [1.807, 2.05) is 0 Å². The van der Waals surface area contributed by atoms with Gasteiger partial charge in [0.1, 0.15) is 5.82 Å². The number of urea groups is 1. The van der Waals surface area contributed by atoms with Gasteiger partial charge in [-0.05, 0) is 92.1 Å². The number of carbonyl (C=O) groups is 2. The topological polar surface area (TPSA) is 87.2 Å². The number of nitrogens with zero attached hydrogens (tertiary/aromatic N) is 3. The Morgan fingerprint density at radius 2 is 1.68 bits per heavy atom. The molecule has 3 heterocycles. The minimum Gasteiger partial charge on any atom is -0.371 e. The first-order valence-electron chi connectivity index (χ1n) is 12.8. The number of halogens is 3. The number of fused-ring (bicyclic) bond motifs is 1. The van der Waals surface area contributed by atoms with Crippen LogP contribution in [0.5, 0.6) is 0 Å². The highest BCUT2D eigenvalue weighted by Gasteiger charge is 2.31. The van der Waals surface area contributed by atoms with Crippen molar-refractivity contribution >= 4 is 46.0 Å². The van der Waals surface area contributed by atoms with E-state index in [2.05, 4.69) is 25.5 Å². The number of amides is 2. The van der Waals surface area contributed by atoms with E-state index in [1.165, 1.54) is 12.1 Å². The molecule has 5 rings (SSSR count). The number of hydrogen-bond acceptors (Lipinski definition) is 5. The average Bonchev–Trinajstić information content (AvgIpc) is 2.96. The van der Waals surface area contributed by atoms with Gasteiger partial charge in [-0.15, -0.1) is 0 Å². The molecule has 2 amide bonds. The molecule has 4 aromatic rings. The Labute approximate surface area is 228 Å². The number of piperidine rings is 1. The number of aromatic nitrogens is 2. The first kappa shape index (κ1) is 26.9. The van der Waals surface area contributed by atoms with Gasteiger partial charge in [-0.2, -0.15) is 13.2 Å². The summed E-state index contributed by atoms with van der Waals surface area (Å²) in [6.45, 7) is 1.50. The fraction of sp³-hybridized carbons (Fsp3) is 0.200. The zero-order valence-electron chi connectivity index (χ0n) is 21.4. The smallest absolute Gasteiger partial charge is 0.371 e. The van der Waals surface area contributed by atoms with Crippen LogP contribution in [-0.4, -0.2) is 34.9 Å². The Balaban J connectivity index is 1.33. The predicted molar refractivity (Wildman–Crippen MR) is 149 cm³/mol. The fourth-order valence-corrected chi connectivity index (χ4v) is 4.58. The van der Waals surface area contributed by atoms with E-state index in [1.54, 1.807) is 60.8 Å². The van der Waals surface area contributed by atoms with Gasteiger partial charge in [-0.1, -0.05) is 6.07 Å². The van der Waals surface area contributed by atoms with Crippen LogP contribution in [0.1, 0.15) is 40.9 Å². The molecule has 1 saturated heterocycles. The molecule has 2 aromatic carbocycles. The summed E-state index contributed by atoms with van der Waals surface area (Å²) >= 11 is 0. The summed E-state index contributed by atoms with van der Waals surface area (Å²) in [7, 11) is 0. The summed E-state index contributed by atoms with van der Waals surface area (Å²) in [6, 6.07) is 16.4. The van der Waals surface area contributed by atoms with Crippen molar-refractivity contribution in [1.82, 2.24) is 9.97 Å². The molecule has 2 N–H and O–H groups in total. The molecule has 0 atom stereocenters. The van der Waals surface area contributed by atoms with Crippen LogP contribution in [0, 0.1) is 0 Å². The normalized spacial score (nSPS) is 13.9. The van der Waals surface area contributed by atoms with Gasteiger partial charge in [0.05, 0.1) is 16.8 Å². The Kier molecular flexibility index (Phi) is 7.77. The minimum absolute atomic E-state index is 0.279. The van der Waals surface area contributed by atoms with Crippen molar-refractivity contribution in [2.75, 3.05) is 28.6 Å². The molecule has 204 valence electrons. The highest BCUT2D eigenvalue weighted by atomic mass is 19.4. The zero-order chi connectivity index (χ0) is 28.1. The Morgan fingerprint density at radius 1 is 0.900 bits per heavy atom. The number of ketones is 1. The number of alkyl halides is 3. The maximum Gasteiger partial charge on any atom is 0.416 e. The fourth-order valence-electron chi connectivity index (χ4n) is 4.58. The number of nitrogens with one attached hydrogen (secondary N) is 2. The number of allylic oxidation sites excluding steroid dienone is 1. The lowest BCUT2D eigenvalue weighted by atomic mass is 10.0. The minimum atomic E-state index is -4.45. The third-order valence-electron chi connectivity index (χ3n) is 6.57. The van der Waals surface area contributed by atoms with Gasteiger partial charge < -0.3 is 10.2 Å². The molecule has 0 radical (unpaired) electrons. The molecule has 10 heteroatoms. The lowest BCUT2D eigenvalue weighted by Crippen LogP contribution is -2.29. The number of rotatable bonds is 6. The quantitative estimate of drug-likeness (QED) is 0.198. The van der Waals surface area contributed by atoms with Crippen LogP contribution in [-0.2, 0) is 6.18 Å². The van der Waals surface area contributed by atoms with Crippen molar-refractivity contribution in [1.29, 1.82) is 0 Å². The van der Waals surface area contributed by atoms with Crippen LogP contribution in [0.3, 0.4) is 0 Å². The molecule has 0 aliphatic carbocycles. The Morgan fingerprint density at radius 3 is 2.38 bits per heavy atom. The number of carbonyl (C=O) groups excluding carboxylic acids is 2. The highest BCUT2D eigenvalue weighted by molar-refractivity contribution is 6.07. The maximum atomic E-state index is 13.4. The third kappa shape index (κ3) is 6.45. The van der Waals surface area contributed by atoms with Gasteiger partial charge >= 0.3 is 12.2 Å². The summed E-state index contributed by atoms with van der Waals surface area (Å²) in [6.07, 6.45) is 3.07. The zero-order valence-corrected chi connectivity index (χ0v) is 21.4. The molecule has 1 aliphatic rings. The molecular weight excluding hydrogens is 519 g/mol.